The third-order valence-electron chi connectivity index (χ3n) is 4.22. The van der Waals surface area contributed by atoms with Crippen LogP contribution in [0.25, 0.3) is 22.1 Å². The molecule has 1 aliphatic rings. The largest absolute Gasteiger partial charge is 0.454 e. The van der Waals surface area contributed by atoms with Crippen molar-refractivity contribution in [3.63, 3.8) is 0 Å². The lowest BCUT2D eigenvalue weighted by atomic mass is 10.2. The summed E-state index contributed by atoms with van der Waals surface area (Å²) in [6.45, 7) is 2.29. The highest BCUT2D eigenvalue weighted by atomic mass is 35.5. The van der Waals surface area contributed by atoms with E-state index in [2.05, 4.69) is 15.3 Å². The van der Waals surface area contributed by atoms with Crippen LogP contribution in [0.5, 0.6) is 11.5 Å². The van der Waals surface area contributed by atoms with E-state index in [-0.39, 0.29) is 19.2 Å². The van der Waals surface area contributed by atoms with Crippen LogP contribution in [-0.2, 0) is 6.42 Å². The van der Waals surface area contributed by atoms with Crippen LogP contribution in [0.15, 0.2) is 46.9 Å². The molecule has 0 fully saturated rings. The van der Waals surface area contributed by atoms with Crippen molar-refractivity contribution in [2.45, 2.75) is 13.3 Å². The maximum absolute atomic E-state index is 6.00. The SMILES string of the molecule is CCc1nc(Nc2ccc3c(c2)OCO3)c2oc3ccccc3c2n1.Cl. The molecule has 0 saturated heterocycles. The van der Waals surface area contributed by atoms with Gasteiger partial charge in [0.15, 0.2) is 22.9 Å². The Bertz CT molecular complexity index is 1110. The molecule has 0 radical (unpaired) electrons. The third kappa shape index (κ3) is 2.59. The summed E-state index contributed by atoms with van der Waals surface area (Å²) in [7, 11) is 0. The van der Waals surface area contributed by atoms with Gasteiger partial charge >= 0.3 is 0 Å². The normalized spacial score (nSPS) is 12.3. The molecule has 5 rings (SSSR count). The molecule has 2 aromatic carbocycles. The molecule has 2 aromatic heterocycles. The zero-order valence-corrected chi connectivity index (χ0v) is 14.8. The first kappa shape index (κ1) is 16.5. The summed E-state index contributed by atoms with van der Waals surface area (Å²) in [5.41, 5.74) is 3.13. The molecule has 0 atom stereocenters. The Hall–Kier alpha value is -2.99. The topological polar surface area (TPSA) is 69.4 Å². The quantitative estimate of drug-likeness (QED) is 0.557. The van der Waals surface area contributed by atoms with Gasteiger partial charge in [0.1, 0.15) is 16.9 Å². The number of fused-ring (bicyclic) bond motifs is 4. The standard InChI is InChI=1S/C19H15N3O3.ClH/c1-2-16-21-17-12-5-3-4-6-13(12)25-18(17)19(22-16)20-11-7-8-14-15(9-11)24-10-23-14;/h3-9H,2,10H2,1H3,(H,20,21,22);1H. The van der Waals surface area contributed by atoms with Gasteiger partial charge < -0.3 is 19.2 Å². The minimum atomic E-state index is 0. The molecule has 4 aromatic rings. The average Bonchev–Trinajstić information content (AvgIpc) is 3.25. The van der Waals surface area contributed by atoms with Crippen LogP contribution in [0.1, 0.15) is 12.7 Å². The second kappa shape index (κ2) is 6.38. The number of anilines is 2. The number of benzene rings is 2. The van der Waals surface area contributed by atoms with E-state index < -0.39 is 0 Å². The first-order chi connectivity index (χ1) is 12.3. The van der Waals surface area contributed by atoms with E-state index in [4.69, 9.17) is 13.9 Å². The van der Waals surface area contributed by atoms with Crippen molar-refractivity contribution >= 4 is 46.0 Å². The number of nitrogens with zero attached hydrogens (tertiary/aromatic N) is 2. The predicted octanol–water partition coefficient (Wildman–Crippen LogP) is 4.83. The third-order valence-corrected chi connectivity index (χ3v) is 4.22. The molecule has 0 bridgehead atoms. The molecule has 132 valence electrons. The van der Waals surface area contributed by atoms with Crippen LogP contribution in [-0.4, -0.2) is 16.8 Å². The van der Waals surface area contributed by atoms with E-state index in [9.17, 15) is 0 Å². The first-order valence-corrected chi connectivity index (χ1v) is 8.16. The first-order valence-electron chi connectivity index (χ1n) is 8.16. The molecule has 0 aliphatic carbocycles. The molecule has 7 heteroatoms. The lowest BCUT2D eigenvalue weighted by molar-refractivity contribution is 0.174. The van der Waals surface area contributed by atoms with Gasteiger partial charge in [0.2, 0.25) is 6.79 Å². The van der Waals surface area contributed by atoms with E-state index in [0.717, 1.165) is 45.9 Å². The van der Waals surface area contributed by atoms with E-state index >= 15 is 0 Å². The molecule has 0 spiro atoms. The maximum atomic E-state index is 6.00. The van der Waals surface area contributed by atoms with Crippen LogP contribution >= 0.6 is 12.4 Å². The van der Waals surface area contributed by atoms with Gasteiger partial charge in [-0.15, -0.1) is 12.4 Å². The molecule has 1 aliphatic heterocycles. The van der Waals surface area contributed by atoms with Crippen molar-refractivity contribution in [1.29, 1.82) is 0 Å². The Morgan fingerprint density at radius 3 is 2.77 bits per heavy atom. The van der Waals surface area contributed by atoms with E-state index in [1.165, 1.54) is 0 Å². The Morgan fingerprint density at radius 2 is 1.88 bits per heavy atom. The van der Waals surface area contributed by atoms with Crippen molar-refractivity contribution in [1.82, 2.24) is 9.97 Å². The maximum Gasteiger partial charge on any atom is 0.231 e. The Morgan fingerprint density at radius 1 is 1.04 bits per heavy atom. The van der Waals surface area contributed by atoms with Crippen molar-refractivity contribution in [3.05, 3.63) is 48.3 Å². The predicted molar refractivity (Wildman–Crippen MR) is 102 cm³/mol. The molecular formula is C19H16ClN3O3. The second-order valence-electron chi connectivity index (χ2n) is 5.81. The van der Waals surface area contributed by atoms with Gasteiger partial charge in [-0.05, 0) is 24.3 Å². The summed E-state index contributed by atoms with van der Waals surface area (Å²) >= 11 is 0. The number of aromatic nitrogens is 2. The lowest BCUT2D eigenvalue weighted by Gasteiger charge is -2.08. The number of para-hydroxylation sites is 1. The molecule has 3 heterocycles. The Kier molecular flexibility index (Phi) is 4.05. The van der Waals surface area contributed by atoms with Crippen LogP contribution in [0.2, 0.25) is 0 Å². The second-order valence-corrected chi connectivity index (χ2v) is 5.81. The van der Waals surface area contributed by atoms with Gasteiger partial charge in [-0.3, -0.25) is 0 Å². The number of furan rings is 1. The minimum Gasteiger partial charge on any atom is -0.454 e. The van der Waals surface area contributed by atoms with Gasteiger partial charge in [-0.1, -0.05) is 19.1 Å². The van der Waals surface area contributed by atoms with Crippen molar-refractivity contribution < 1.29 is 13.9 Å². The molecule has 1 N–H and O–H groups in total. The summed E-state index contributed by atoms with van der Waals surface area (Å²) in [4.78, 5) is 9.27. The van der Waals surface area contributed by atoms with Gasteiger partial charge in [-0.2, -0.15) is 0 Å². The fourth-order valence-corrected chi connectivity index (χ4v) is 2.99. The highest BCUT2D eigenvalue weighted by Crippen LogP contribution is 2.37. The number of nitrogens with one attached hydrogen (secondary N) is 1. The lowest BCUT2D eigenvalue weighted by Crippen LogP contribution is -2.00. The van der Waals surface area contributed by atoms with E-state index in [1.54, 1.807) is 0 Å². The number of rotatable bonds is 3. The summed E-state index contributed by atoms with van der Waals surface area (Å²) in [5.74, 6) is 2.88. The van der Waals surface area contributed by atoms with Crippen molar-refractivity contribution in [3.8, 4) is 11.5 Å². The number of halogens is 1. The molecule has 0 saturated carbocycles. The highest BCUT2D eigenvalue weighted by molar-refractivity contribution is 6.06. The molecule has 6 nitrogen and oxygen atoms in total. The highest BCUT2D eigenvalue weighted by Gasteiger charge is 2.17. The van der Waals surface area contributed by atoms with E-state index in [0.29, 0.717) is 11.4 Å². The van der Waals surface area contributed by atoms with Gasteiger partial charge in [-0.25, -0.2) is 9.97 Å². The summed E-state index contributed by atoms with van der Waals surface area (Å²) in [6, 6.07) is 13.6. The summed E-state index contributed by atoms with van der Waals surface area (Å²) in [5, 5.41) is 4.32. The van der Waals surface area contributed by atoms with Crippen molar-refractivity contribution in [2.75, 3.05) is 12.1 Å². The zero-order chi connectivity index (χ0) is 16.8. The molecule has 0 amide bonds. The zero-order valence-electron chi connectivity index (χ0n) is 14.0. The Labute approximate surface area is 155 Å². The average molecular weight is 370 g/mol. The number of ether oxygens (including phenoxy) is 2. The summed E-state index contributed by atoms with van der Waals surface area (Å²) in [6.07, 6.45) is 0.741. The van der Waals surface area contributed by atoms with E-state index in [1.807, 2.05) is 49.4 Å². The monoisotopic (exact) mass is 369 g/mol. The molecular weight excluding hydrogens is 354 g/mol. The number of hydrogen-bond donors (Lipinski definition) is 1. The fourth-order valence-electron chi connectivity index (χ4n) is 2.99. The van der Waals surface area contributed by atoms with Crippen LogP contribution in [0.3, 0.4) is 0 Å². The number of hydrogen-bond acceptors (Lipinski definition) is 6. The van der Waals surface area contributed by atoms with Gasteiger partial charge in [0, 0.05) is 23.6 Å². The van der Waals surface area contributed by atoms with Crippen LogP contribution in [0, 0.1) is 0 Å². The van der Waals surface area contributed by atoms with Crippen LogP contribution in [0.4, 0.5) is 11.5 Å². The van der Waals surface area contributed by atoms with Gasteiger partial charge in [0.25, 0.3) is 0 Å². The van der Waals surface area contributed by atoms with Crippen LogP contribution < -0.4 is 14.8 Å². The molecule has 26 heavy (non-hydrogen) atoms. The number of aryl methyl sites for hydroxylation is 1. The molecule has 0 unspecified atom stereocenters. The summed E-state index contributed by atoms with van der Waals surface area (Å²) < 4.78 is 16.8. The minimum absolute atomic E-state index is 0. The van der Waals surface area contributed by atoms with Crippen molar-refractivity contribution in [2.24, 2.45) is 0 Å². The van der Waals surface area contributed by atoms with Gasteiger partial charge in [0.05, 0.1) is 0 Å². The Balaban J connectivity index is 0.00000168. The smallest absolute Gasteiger partial charge is 0.231 e. The fraction of sp³-hybridized carbons (Fsp3) is 0.158.